The first-order valence-electron chi connectivity index (χ1n) is 6.58. The van der Waals surface area contributed by atoms with E-state index in [-0.39, 0.29) is 46.7 Å². The van der Waals surface area contributed by atoms with Crippen LogP contribution in [0.15, 0.2) is 11.1 Å². The quantitative estimate of drug-likeness (QED) is 0.298. The van der Waals surface area contributed by atoms with E-state index in [0.717, 1.165) is 0 Å². The summed E-state index contributed by atoms with van der Waals surface area (Å²) in [6.07, 6.45) is -2.46. The third-order valence-corrected chi connectivity index (χ3v) is 4.72. The number of aromatic nitrogens is 4. The van der Waals surface area contributed by atoms with Gasteiger partial charge < -0.3 is 20.5 Å². The topological polar surface area (TPSA) is 175 Å². The zero-order valence-corrected chi connectivity index (χ0v) is 15.3. The van der Waals surface area contributed by atoms with Gasteiger partial charge in [-0.25, -0.2) is 9.55 Å². The Morgan fingerprint density at radius 1 is 1.42 bits per heavy atom. The summed E-state index contributed by atoms with van der Waals surface area (Å²) in [7, 11) is -4.23. The maximum atomic E-state index is 11.8. The van der Waals surface area contributed by atoms with Crippen LogP contribution in [0.5, 0.6) is 0 Å². The molecule has 4 rings (SSSR count). The summed E-state index contributed by atoms with van der Waals surface area (Å²) in [6.45, 7) is -0.441. The van der Waals surface area contributed by atoms with E-state index >= 15 is 0 Å². The van der Waals surface area contributed by atoms with Crippen LogP contribution in [0, 0.1) is 0 Å². The average Bonchev–Trinajstić information content (AvgIpc) is 3.09. The molecule has 14 heteroatoms. The Bertz CT molecular complexity index is 886. The van der Waals surface area contributed by atoms with Gasteiger partial charge in [0.05, 0.1) is 12.9 Å². The van der Waals surface area contributed by atoms with Crippen LogP contribution in [-0.4, -0.2) is 54.4 Å². The van der Waals surface area contributed by atoms with Crippen LogP contribution in [0.4, 0.5) is 5.95 Å². The fourth-order valence-electron chi connectivity index (χ4n) is 2.78. The van der Waals surface area contributed by atoms with Crippen LogP contribution in [0.1, 0.15) is 6.23 Å². The molecular formula is C10H12N5NaO7P+. The van der Waals surface area contributed by atoms with E-state index in [0.29, 0.717) is 0 Å². The molecule has 2 aromatic rings. The number of phosphoric acid groups is 1. The molecule has 5 atom stereocenters. The van der Waals surface area contributed by atoms with Crippen molar-refractivity contribution in [3.8, 4) is 0 Å². The molecule has 2 aliphatic rings. The van der Waals surface area contributed by atoms with Gasteiger partial charge in [0.15, 0.2) is 17.4 Å². The first-order chi connectivity index (χ1) is 10.9. The van der Waals surface area contributed by atoms with E-state index in [4.69, 9.17) is 19.5 Å². The van der Waals surface area contributed by atoms with Crippen molar-refractivity contribution >= 4 is 24.9 Å². The fourth-order valence-corrected chi connectivity index (χ4v) is 3.92. The molecule has 0 bridgehead atoms. The molecule has 0 aliphatic carbocycles. The molecule has 1 unspecified atom stereocenters. The van der Waals surface area contributed by atoms with E-state index in [9.17, 15) is 19.4 Å². The Labute approximate surface area is 155 Å². The van der Waals surface area contributed by atoms with Crippen LogP contribution >= 0.6 is 7.82 Å². The van der Waals surface area contributed by atoms with Crippen LogP contribution in [-0.2, 0) is 18.3 Å². The number of fused-ring (bicyclic) bond motifs is 2. The zero-order valence-electron chi connectivity index (χ0n) is 12.4. The number of ether oxygens (including phenoxy) is 1. The number of nitrogens with one attached hydrogen (secondary N) is 1. The van der Waals surface area contributed by atoms with Crippen molar-refractivity contribution < 1.29 is 57.9 Å². The Morgan fingerprint density at radius 2 is 2.12 bits per heavy atom. The van der Waals surface area contributed by atoms with Crippen molar-refractivity contribution in [1.29, 1.82) is 0 Å². The molecule has 2 aliphatic heterocycles. The third-order valence-electron chi connectivity index (χ3n) is 3.70. The molecule has 2 aromatic heterocycles. The summed E-state index contributed by atoms with van der Waals surface area (Å²) in [5.74, 6) is -0.117. The number of hydrogen-bond acceptors (Lipinski definition) is 9. The molecule has 2 saturated heterocycles. The van der Waals surface area contributed by atoms with Crippen molar-refractivity contribution in [3.63, 3.8) is 0 Å². The van der Waals surface area contributed by atoms with Crippen molar-refractivity contribution in [2.75, 3.05) is 12.3 Å². The Balaban J connectivity index is 0.00000169. The molecular weight excluding hydrogens is 356 g/mol. The van der Waals surface area contributed by atoms with Gasteiger partial charge in [-0.3, -0.25) is 23.4 Å². The predicted molar refractivity (Wildman–Crippen MR) is 73.1 cm³/mol. The van der Waals surface area contributed by atoms with E-state index in [2.05, 4.69) is 15.0 Å². The Morgan fingerprint density at radius 3 is 2.83 bits per heavy atom. The molecule has 0 saturated carbocycles. The van der Waals surface area contributed by atoms with Crippen LogP contribution in [0.2, 0.25) is 0 Å². The molecule has 0 amide bonds. The van der Waals surface area contributed by atoms with E-state index < -0.39 is 44.5 Å². The van der Waals surface area contributed by atoms with Gasteiger partial charge in [0.1, 0.15) is 18.3 Å². The second-order valence-corrected chi connectivity index (χ2v) is 6.49. The number of aliphatic hydroxyl groups excluding tert-OH is 1. The summed E-state index contributed by atoms with van der Waals surface area (Å²) in [5.41, 5.74) is 5.14. The fraction of sp³-hybridized carbons (Fsp3) is 0.500. The molecule has 24 heavy (non-hydrogen) atoms. The van der Waals surface area contributed by atoms with Gasteiger partial charge in [0.2, 0.25) is 5.95 Å². The van der Waals surface area contributed by atoms with Crippen molar-refractivity contribution in [1.82, 2.24) is 19.5 Å². The van der Waals surface area contributed by atoms with E-state index in [1.54, 1.807) is 0 Å². The summed E-state index contributed by atoms with van der Waals surface area (Å²) >= 11 is 0. The maximum absolute atomic E-state index is 11.8. The Hall–Kier alpha value is -0.820. The molecule has 0 aromatic carbocycles. The first kappa shape index (κ1) is 18.0. The molecule has 124 valence electrons. The number of aliphatic hydroxyl groups is 1. The number of rotatable bonds is 2. The van der Waals surface area contributed by atoms with Gasteiger partial charge in [-0.15, -0.1) is 0 Å². The third kappa shape index (κ3) is 2.73. The maximum Gasteiger partial charge on any atom is 1.00 e. The van der Waals surface area contributed by atoms with Gasteiger partial charge in [-0.05, 0) is 0 Å². The second-order valence-electron chi connectivity index (χ2n) is 5.13. The van der Waals surface area contributed by atoms with Crippen molar-refractivity contribution in [2.24, 2.45) is 0 Å². The zero-order chi connectivity index (χ0) is 16.4. The van der Waals surface area contributed by atoms with Crippen molar-refractivity contribution in [2.45, 2.75) is 24.5 Å². The number of H-pyrrole nitrogens is 1. The SMILES string of the molecule is Nc1nc2c(ncn2[C@@H]2O[C@H](CO)[C@H]3OP(=O)(O)O[C@H]32)c(=O)[nH]1.[Na+]. The number of anilines is 1. The summed E-state index contributed by atoms with van der Waals surface area (Å²) in [4.78, 5) is 31.5. The van der Waals surface area contributed by atoms with E-state index in [1.807, 2.05) is 0 Å². The van der Waals surface area contributed by atoms with Crippen LogP contribution < -0.4 is 40.9 Å². The van der Waals surface area contributed by atoms with Crippen LogP contribution in [0.25, 0.3) is 11.2 Å². The minimum absolute atomic E-state index is 0. The minimum atomic E-state index is -4.23. The summed E-state index contributed by atoms with van der Waals surface area (Å²) in [6, 6.07) is 0. The first-order valence-corrected chi connectivity index (χ1v) is 8.07. The predicted octanol–water partition coefficient (Wildman–Crippen LogP) is -4.52. The molecule has 2 fully saturated rings. The molecule has 5 N–H and O–H groups in total. The largest absolute Gasteiger partial charge is 1.00 e. The number of nitrogen functional groups attached to an aromatic ring is 1. The number of phosphoric ester groups is 1. The summed E-state index contributed by atoms with van der Waals surface area (Å²) in [5, 5.41) is 9.35. The van der Waals surface area contributed by atoms with E-state index in [1.165, 1.54) is 10.9 Å². The second kappa shape index (κ2) is 6.16. The number of nitrogens with zero attached hydrogens (tertiary/aromatic N) is 3. The van der Waals surface area contributed by atoms with Gasteiger partial charge in [-0.2, -0.15) is 4.98 Å². The number of aromatic amines is 1. The minimum Gasteiger partial charge on any atom is -0.394 e. The average molecular weight is 368 g/mol. The Kier molecular flexibility index (Phi) is 4.62. The van der Waals surface area contributed by atoms with Crippen molar-refractivity contribution in [3.05, 3.63) is 16.7 Å². The van der Waals surface area contributed by atoms with Gasteiger partial charge >= 0.3 is 37.4 Å². The summed E-state index contributed by atoms with van der Waals surface area (Å²) < 4.78 is 28.5. The molecule has 0 spiro atoms. The molecule has 4 heterocycles. The normalized spacial score (nSPS) is 35.1. The number of hydrogen-bond donors (Lipinski definition) is 4. The number of imidazole rings is 1. The van der Waals surface area contributed by atoms with Gasteiger partial charge in [-0.1, -0.05) is 0 Å². The van der Waals surface area contributed by atoms with Gasteiger partial charge in [0.25, 0.3) is 5.56 Å². The van der Waals surface area contributed by atoms with Crippen LogP contribution in [0.3, 0.4) is 0 Å². The van der Waals surface area contributed by atoms with Gasteiger partial charge in [0, 0.05) is 0 Å². The monoisotopic (exact) mass is 368 g/mol. The standard InChI is InChI=1S/C10H12N5O7P.Na/c11-10-13-7-4(8(17)14-10)12-2-15(7)9-6-5(3(1-16)20-9)21-23(18,19)22-6;/h2-3,5-6,9,16H,1H2,(H,18,19)(H3,11,13,14,17);/q;+1/t3-,5-,6-,9-;/m1./s1. The molecule has 0 radical (unpaired) electrons. The smallest absolute Gasteiger partial charge is 0.394 e. The number of nitrogens with two attached hydrogens (primary N) is 1. The molecule has 12 nitrogen and oxygen atoms in total.